The van der Waals surface area contributed by atoms with Crippen LogP contribution in [0.2, 0.25) is 0 Å². The number of carbonyl (C=O) groups excluding carboxylic acids is 1. The maximum atomic E-state index is 11.6. The number of Topliss-reactive ketones (excluding diaryl/α,β-unsaturated/α-hetero) is 1. The first kappa shape index (κ1) is 10.9. The zero-order valence-electron chi connectivity index (χ0n) is 8.41. The van der Waals surface area contributed by atoms with Gasteiger partial charge < -0.3 is 5.73 Å². The zero-order chi connectivity index (χ0) is 10.2. The average Bonchev–Trinajstić information content (AvgIpc) is 2.25. The predicted octanol–water partition coefficient (Wildman–Crippen LogP) is 2.39. The fraction of sp³-hybridized carbons (Fsp3) is 0.417. The summed E-state index contributed by atoms with van der Waals surface area (Å²) in [5.41, 5.74) is 6.19. The molecular weight excluding hydrogens is 174 g/mol. The number of unbranched alkanes of at least 4 members (excludes halogenated alkanes) is 2. The molecule has 0 aliphatic carbocycles. The van der Waals surface area contributed by atoms with E-state index in [9.17, 15) is 4.79 Å². The number of carbonyl (C=O) groups is 1. The van der Waals surface area contributed by atoms with Crippen LogP contribution in [-0.4, -0.2) is 12.3 Å². The van der Waals surface area contributed by atoms with Crippen molar-refractivity contribution in [1.82, 2.24) is 0 Å². The van der Waals surface area contributed by atoms with Gasteiger partial charge in [-0.3, -0.25) is 4.79 Å². The number of benzene rings is 1. The van der Waals surface area contributed by atoms with Gasteiger partial charge in [-0.05, 0) is 19.4 Å². The molecule has 0 heterocycles. The lowest BCUT2D eigenvalue weighted by molar-refractivity contribution is 0.0979. The molecule has 0 fully saturated rings. The molecule has 0 radical (unpaired) electrons. The monoisotopic (exact) mass is 191 g/mol. The summed E-state index contributed by atoms with van der Waals surface area (Å²) in [6.07, 6.45) is 3.66. The summed E-state index contributed by atoms with van der Waals surface area (Å²) < 4.78 is 0. The highest BCUT2D eigenvalue weighted by Crippen LogP contribution is 2.07. The average molecular weight is 191 g/mol. The topological polar surface area (TPSA) is 43.1 Å². The Bertz CT molecular complexity index is 269. The molecule has 0 aliphatic heterocycles. The third-order valence-corrected chi connectivity index (χ3v) is 2.20. The Hall–Kier alpha value is -1.15. The van der Waals surface area contributed by atoms with Crippen LogP contribution in [-0.2, 0) is 0 Å². The van der Waals surface area contributed by atoms with Gasteiger partial charge >= 0.3 is 0 Å². The van der Waals surface area contributed by atoms with E-state index in [0.29, 0.717) is 6.42 Å². The van der Waals surface area contributed by atoms with E-state index >= 15 is 0 Å². The highest BCUT2D eigenvalue weighted by molar-refractivity contribution is 5.95. The maximum Gasteiger partial charge on any atom is 0.162 e. The van der Waals surface area contributed by atoms with Crippen molar-refractivity contribution >= 4 is 5.78 Å². The molecule has 2 heteroatoms. The molecule has 2 nitrogen and oxygen atoms in total. The molecule has 0 spiro atoms. The van der Waals surface area contributed by atoms with Gasteiger partial charge in [-0.15, -0.1) is 0 Å². The van der Waals surface area contributed by atoms with Crippen molar-refractivity contribution in [3.8, 4) is 0 Å². The Kier molecular flexibility index (Phi) is 4.94. The zero-order valence-corrected chi connectivity index (χ0v) is 8.41. The van der Waals surface area contributed by atoms with Gasteiger partial charge in [0.2, 0.25) is 0 Å². The van der Waals surface area contributed by atoms with Crippen LogP contribution in [0.4, 0.5) is 0 Å². The van der Waals surface area contributed by atoms with Crippen molar-refractivity contribution in [3.05, 3.63) is 35.9 Å². The first-order valence-corrected chi connectivity index (χ1v) is 5.13. The number of rotatable bonds is 6. The Labute approximate surface area is 85.1 Å². The SMILES string of the molecule is NCCCCCC(=O)c1ccccc1. The van der Waals surface area contributed by atoms with Crippen LogP contribution >= 0.6 is 0 Å². The van der Waals surface area contributed by atoms with Gasteiger partial charge in [0.1, 0.15) is 0 Å². The largest absolute Gasteiger partial charge is 0.330 e. The number of hydrogen-bond acceptors (Lipinski definition) is 2. The van der Waals surface area contributed by atoms with Crippen molar-refractivity contribution in [1.29, 1.82) is 0 Å². The Balaban J connectivity index is 2.29. The van der Waals surface area contributed by atoms with Crippen molar-refractivity contribution < 1.29 is 4.79 Å². The third kappa shape index (κ3) is 3.71. The van der Waals surface area contributed by atoms with E-state index in [0.717, 1.165) is 31.4 Å². The van der Waals surface area contributed by atoms with Crippen LogP contribution in [0.5, 0.6) is 0 Å². The summed E-state index contributed by atoms with van der Waals surface area (Å²) in [6.45, 7) is 0.722. The van der Waals surface area contributed by atoms with Crippen LogP contribution in [0.1, 0.15) is 36.0 Å². The van der Waals surface area contributed by atoms with Gasteiger partial charge in [-0.1, -0.05) is 36.8 Å². The molecule has 0 atom stereocenters. The van der Waals surface area contributed by atoms with Crippen LogP contribution in [0.3, 0.4) is 0 Å². The normalized spacial score (nSPS) is 10.1. The van der Waals surface area contributed by atoms with E-state index in [1.807, 2.05) is 30.3 Å². The Morgan fingerprint density at radius 3 is 2.43 bits per heavy atom. The van der Waals surface area contributed by atoms with Gasteiger partial charge in [0, 0.05) is 12.0 Å². The first-order chi connectivity index (χ1) is 6.84. The molecular formula is C12H17NO. The lowest BCUT2D eigenvalue weighted by Gasteiger charge is -2.00. The molecule has 0 aliphatic rings. The molecule has 0 amide bonds. The number of ketones is 1. The van der Waals surface area contributed by atoms with Gasteiger partial charge in [-0.25, -0.2) is 0 Å². The smallest absolute Gasteiger partial charge is 0.162 e. The van der Waals surface area contributed by atoms with Gasteiger partial charge in [0.05, 0.1) is 0 Å². The van der Waals surface area contributed by atoms with E-state index in [2.05, 4.69) is 0 Å². The van der Waals surface area contributed by atoms with Crippen molar-refractivity contribution in [3.63, 3.8) is 0 Å². The minimum absolute atomic E-state index is 0.239. The highest BCUT2D eigenvalue weighted by Gasteiger charge is 2.03. The van der Waals surface area contributed by atoms with E-state index in [4.69, 9.17) is 5.73 Å². The summed E-state index contributed by atoms with van der Waals surface area (Å²) >= 11 is 0. The molecule has 2 N–H and O–H groups in total. The molecule has 14 heavy (non-hydrogen) atoms. The van der Waals surface area contributed by atoms with Crippen molar-refractivity contribution in [2.24, 2.45) is 5.73 Å². The van der Waals surface area contributed by atoms with E-state index in [-0.39, 0.29) is 5.78 Å². The number of nitrogens with two attached hydrogens (primary N) is 1. The number of hydrogen-bond donors (Lipinski definition) is 1. The lowest BCUT2D eigenvalue weighted by atomic mass is 10.1. The maximum absolute atomic E-state index is 11.6. The quantitative estimate of drug-likeness (QED) is 0.554. The summed E-state index contributed by atoms with van der Waals surface area (Å²) in [6, 6.07) is 9.45. The van der Waals surface area contributed by atoms with E-state index < -0.39 is 0 Å². The summed E-state index contributed by atoms with van der Waals surface area (Å²) in [7, 11) is 0. The molecule has 0 saturated carbocycles. The lowest BCUT2D eigenvalue weighted by Crippen LogP contribution is -2.01. The van der Waals surface area contributed by atoms with Crippen molar-refractivity contribution in [2.75, 3.05) is 6.54 Å². The van der Waals surface area contributed by atoms with Crippen LogP contribution in [0.25, 0.3) is 0 Å². The molecule has 0 saturated heterocycles. The van der Waals surface area contributed by atoms with Gasteiger partial charge in [0.25, 0.3) is 0 Å². The standard InChI is InChI=1S/C12H17NO/c13-10-6-2-5-9-12(14)11-7-3-1-4-8-11/h1,3-4,7-8H,2,5-6,9-10,13H2. The molecule has 1 aromatic carbocycles. The first-order valence-electron chi connectivity index (χ1n) is 5.13. The Morgan fingerprint density at radius 1 is 1.07 bits per heavy atom. The third-order valence-electron chi connectivity index (χ3n) is 2.20. The second-order valence-corrected chi connectivity index (χ2v) is 3.39. The summed E-state index contributed by atoms with van der Waals surface area (Å²) in [4.78, 5) is 11.6. The second-order valence-electron chi connectivity index (χ2n) is 3.39. The minimum atomic E-state index is 0.239. The fourth-order valence-electron chi connectivity index (χ4n) is 1.38. The summed E-state index contributed by atoms with van der Waals surface area (Å²) in [5, 5.41) is 0. The molecule has 1 rings (SSSR count). The molecule has 76 valence electrons. The Morgan fingerprint density at radius 2 is 1.79 bits per heavy atom. The van der Waals surface area contributed by atoms with Crippen LogP contribution in [0.15, 0.2) is 30.3 Å². The predicted molar refractivity (Wildman–Crippen MR) is 58.3 cm³/mol. The highest BCUT2D eigenvalue weighted by atomic mass is 16.1. The van der Waals surface area contributed by atoms with Crippen LogP contribution in [0, 0.1) is 0 Å². The minimum Gasteiger partial charge on any atom is -0.330 e. The molecule has 0 bridgehead atoms. The molecule has 0 unspecified atom stereocenters. The van der Waals surface area contributed by atoms with E-state index in [1.165, 1.54) is 0 Å². The van der Waals surface area contributed by atoms with Crippen molar-refractivity contribution in [2.45, 2.75) is 25.7 Å². The van der Waals surface area contributed by atoms with Crippen LogP contribution < -0.4 is 5.73 Å². The second kappa shape index (κ2) is 6.33. The van der Waals surface area contributed by atoms with Gasteiger partial charge in [0.15, 0.2) is 5.78 Å². The molecule has 1 aromatic rings. The molecule has 0 aromatic heterocycles. The fourth-order valence-corrected chi connectivity index (χ4v) is 1.38. The summed E-state index contributed by atoms with van der Waals surface area (Å²) in [5.74, 6) is 0.239. The van der Waals surface area contributed by atoms with Gasteiger partial charge in [-0.2, -0.15) is 0 Å². The van der Waals surface area contributed by atoms with E-state index in [1.54, 1.807) is 0 Å².